The Morgan fingerprint density at radius 3 is 3.11 bits per heavy atom. The van der Waals surface area contributed by atoms with Crippen molar-refractivity contribution in [1.29, 1.82) is 0 Å². The summed E-state index contributed by atoms with van der Waals surface area (Å²) < 4.78 is 6.30. The highest BCUT2D eigenvalue weighted by Gasteiger charge is 2.42. The standard InChI is InChI=1S/C18H22N4O3S2/c1-25-11-5-4-7-13-16(11)22-18(27-13)20-14(23)8-3-2-6-12-15-10(9-26-12)19-17(24)21-15/h4-5,7,10,12,15H,2-3,6,8-9H2,1H3,(H2,19,21,24)(H,20,22,23)/t10-,12+,15-/m1/s1. The van der Waals surface area contributed by atoms with Gasteiger partial charge in [-0.25, -0.2) is 9.78 Å². The predicted octanol–water partition coefficient (Wildman–Crippen LogP) is 2.97. The van der Waals surface area contributed by atoms with Gasteiger partial charge in [-0.15, -0.1) is 0 Å². The highest BCUT2D eigenvalue weighted by Crippen LogP contribution is 2.34. The summed E-state index contributed by atoms with van der Waals surface area (Å²) in [6, 6.07) is 6.18. The van der Waals surface area contributed by atoms with Gasteiger partial charge in [0.15, 0.2) is 5.13 Å². The number of thioether (sulfide) groups is 1. The van der Waals surface area contributed by atoms with Crippen molar-refractivity contribution in [2.75, 3.05) is 18.2 Å². The van der Waals surface area contributed by atoms with Crippen molar-refractivity contribution in [3.05, 3.63) is 18.2 Å². The van der Waals surface area contributed by atoms with E-state index in [2.05, 4.69) is 20.9 Å². The summed E-state index contributed by atoms with van der Waals surface area (Å²) in [4.78, 5) is 28.1. The number of anilines is 1. The molecule has 0 aliphatic carbocycles. The molecular weight excluding hydrogens is 384 g/mol. The van der Waals surface area contributed by atoms with Crippen LogP contribution in [0.15, 0.2) is 18.2 Å². The molecular formula is C18H22N4O3S2. The fraction of sp³-hybridized carbons (Fsp3) is 0.500. The highest BCUT2D eigenvalue weighted by atomic mass is 32.2. The molecule has 4 rings (SSSR count). The molecule has 0 radical (unpaired) electrons. The molecule has 1 aromatic heterocycles. The van der Waals surface area contributed by atoms with E-state index in [4.69, 9.17) is 4.74 Å². The lowest BCUT2D eigenvalue weighted by Crippen LogP contribution is -2.36. The third kappa shape index (κ3) is 3.98. The minimum Gasteiger partial charge on any atom is -0.494 e. The first-order chi connectivity index (χ1) is 13.1. The van der Waals surface area contributed by atoms with Crippen LogP contribution < -0.4 is 20.7 Å². The number of rotatable bonds is 7. The van der Waals surface area contributed by atoms with E-state index in [9.17, 15) is 9.59 Å². The normalized spacial score (nSPS) is 23.7. The summed E-state index contributed by atoms with van der Waals surface area (Å²) in [6.07, 6.45) is 3.29. The van der Waals surface area contributed by atoms with Crippen molar-refractivity contribution < 1.29 is 14.3 Å². The van der Waals surface area contributed by atoms with Gasteiger partial charge in [0.25, 0.3) is 0 Å². The fourth-order valence-electron chi connectivity index (χ4n) is 3.60. The van der Waals surface area contributed by atoms with E-state index in [0.717, 1.165) is 35.2 Å². The smallest absolute Gasteiger partial charge is 0.315 e. The van der Waals surface area contributed by atoms with Crippen molar-refractivity contribution in [3.8, 4) is 5.75 Å². The van der Waals surface area contributed by atoms with E-state index in [-0.39, 0.29) is 24.0 Å². The lowest BCUT2D eigenvalue weighted by atomic mass is 10.0. The number of aromatic nitrogens is 1. The van der Waals surface area contributed by atoms with Gasteiger partial charge in [-0.2, -0.15) is 11.8 Å². The summed E-state index contributed by atoms with van der Waals surface area (Å²) in [5.74, 6) is 1.67. The zero-order valence-electron chi connectivity index (χ0n) is 15.0. The minimum atomic E-state index is -0.0536. The van der Waals surface area contributed by atoms with Gasteiger partial charge in [0.1, 0.15) is 11.3 Å². The van der Waals surface area contributed by atoms with Crippen molar-refractivity contribution in [2.24, 2.45) is 0 Å². The molecule has 0 spiro atoms. The molecule has 3 N–H and O–H groups in total. The van der Waals surface area contributed by atoms with Gasteiger partial charge in [0.05, 0.1) is 23.9 Å². The van der Waals surface area contributed by atoms with E-state index in [1.165, 1.54) is 11.3 Å². The van der Waals surface area contributed by atoms with Gasteiger partial charge in [-0.1, -0.05) is 23.8 Å². The number of ether oxygens (including phenoxy) is 1. The zero-order valence-corrected chi connectivity index (χ0v) is 16.6. The maximum absolute atomic E-state index is 12.2. The molecule has 144 valence electrons. The molecule has 2 aliphatic rings. The zero-order chi connectivity index (χ0) is 18.8. The highest BCUT2D eigenvalue weighted by molar-refractivity contribution is 8.00. The van der Waals surface area contributed by atoms with Crippen LogP contribution in [0.25, 0.3) is 10.2 Å². The number of thiazole rings is 1. The number of unbranched alkanes of at least 4 members (excludes halogenated alkanes) is 1. The van der Waals surface area contributed by atoms with Crippen LogP contribution in [0.4, 0.5) is 9.93 Å². The largest absolute Gasteiger partial charge is 0.494 e. The second-order valence-electron chi connectivity index (χ2n) is 6.74. The summed E-state index contributed by atoms with van der Waals surface area (Å²) in [6.45, 7) is 0. The van der Waals surface area contributed by atoms with Gasteiger partial charge < -0.3 is 20.7 Å². The summed E-state index contributed by atoms with van der Waals surface area (Å²) in [5.41, 5.74) is 0.778. The third-order valence-electron chi connectivity index (χ3n) is 4.93. The van der Waals surface area contributed by atoms with Gasteiger partial charge in [-0.3, -0.25) is 4.79 Å². The Morgan fingerprint density at radius 2 is 2.26 bits per heavy atom. The molecule has 3 amide bonds. The maximum Gasteiger partial charge on any atom is 0.315 e. The van der Waals surface area contributed by atoms with Crippen LogP contribution in [-0.4, -0.2) is 47.1 Å². The molecule has 2 fully saturated rings. The van der Waals surface area contributed by atoms with E-state index in [1.54, 1.807) is 7.11 Å². The van der Waals surface area contributed by atoms with Gasteiger partial charge >= 0.3 is 6.03 Å². The van der Waals surface area contributed by atoms with Gasteiger partial charge in [0, 0.05) is 17.4 Å². The first-order valence-corrected chi connectivity index (χ1v) is 10.9. The maximum atomic E-state index is 12.2. The van der Waals surface area contributed by atoms with Gasteiger partial charge in [-0.05, 0) is 25.0 Å². The Hall–Kier alpha value is -2.00. The average molecular weight is 407 g/mol. The molecule has 2 aromatic rings. The Balaban J connectivity index is 1.23. The van der Waals surface area contributed by atoms with Crippen molar-refractivity contribution in [2.45, 2.75) is 43.0 Å². The van der Waals surface area contributed by atoms with E-state index < -0.39 is 0 Å². The molecule has 2 aliphatic heterocycles. The number of nitrogens with zero attached hydrogens (tertiary/aromatic N) is 1. The van der Waals surface area contributed by atoms with E-state index in [1.807, 2.05) is 30.0 Å². The number of fused-ring (bicyclic) bond motifs is 2. The average Bonchev–Trinajstić information content (AvgIpc) is 3.32. The number of hydrogen-bond donors (Lipinski definition) is 3. The molecule has 3 heterocycles. The number of carbonyl (C=O) groups is 2. The molecule has 3 atom stereocenters. The molecule has 27 heavy (non-hydrogen) atoms. The Bertz CT molecular complexity index is 856. The number of nitrogens with one attached hydrogen (secondary N) is 3. The van der Waals surface area contributed by atoms with Crippen LogP contribution in [-0.2, 0) is 4.79 Å². The Kier molecular flexibility index (Phi) is 5.40. The second kappa shape index (κ2) is 7.93. The van der Waals surface area contributed by atoms with E-state index in [0.29, 0.717) is 22.6 Å². The Labute approximate surface area is 165 Å². The minimum absolute atomic E-state index is 0.0131. The van der Waals surface area contributed by atoms with Crippen LogP contribution in [0.5, 0.6) is 5.75 Å². The van der Waals surface area contributed by atoms with Crippen molar-refractivity contribution >= 4 is 50.4 Å². The number of hydrogen-bond acceptors (Lipinski definition) is 6. The van der Waals surface area contributed by atoms with Crippen LogP contribution in [0.1, 0.15) is 25.7 Å². The van der Waals surface area contributed by atoms with Crippen LogP contribution in [0, 0.1) is 0 Å². The number of urea groups is 1. The lowest BCUT2D eigenvalue weighted by molar-refractivity contribution is -0.116. The molecule has 0 bridgehead atoms. The molecule has 9 heteroatoms. The quantitative estimate of drug-likeness (QED) is 0.486. The van der Waals surface area contributed by atoms with Crippen molar-refractivity contribution in [3.63, 3.8) is 0 Å². The molecule has 0 unspecified atom stereocenters. The topological polar surface area (TPSA) is 92.4 Å². The molecule has 1 aromatic carbocycles. The second-order valence-corrected chi connectivity index (χ2v) is 9.04. The first-order valence-electron chi connectivity index (χ1n) is 9.06. The van der Waals surface area contributed by atoms with E-state index >= 15 is 0 Å². The SMILES string of the molecule is COc1cccc2sc(NC(=O)CCCC[C@@H]3SC[C@H]4NC(=O)N[C@@H]34)nc12. The van der Waals surface area contributed by atoms with Crippen LogP contribution in [0.2, 0.25) is 0 Å². The summed E-state index contributed by atoms with van der Waals surface area (Å²) in [5, 5.41) is 9.89. The number of para-hydroxylation sites is 1. The fourth-order valence-corrected chi connectivity index (χ4v) is 6.04. The number of amides is 3. The van der Waals surface area contributed by atoms with Crippen LogP contribution >= 0.6 is 23.1 Å². The first kappa shape index (κ1) is 18.4. The number of methoxy groups -OCH3 is 1. The van der Waals surface area contributed by atoms with Crippen molar-refractivity contribution in [1.82, 2.24) is 15.6 Å². The molecule has 7 nitrogen and oxygen atoms in total. The van der Waals surface area contributed by atoms with Crippen LogP contribution in [0.3, 0.4) is 0 Å². The lowest BCUT2D eigenvalue weighted by Gasteiger charge is -2.16. The molecule has 2 saturated heterocycles. The number of benzene rings is 1. The Morgan fingerprint density at radius 1 is 1.37 bits per heavy atom. The number of carbonyl (C=O) groups excluding carboxylic acids is 2. The van der Waals surface area contributed by atoms with Gasteiger partial charge in [0.2, 0.25) is 5.91 Å². The predicted molar refractivity (Wildman–Crippen MR) is 109 cm³/mol. The summed E-state index contributed by atoms with van der Waals surface area (Å²) >= 11 is 3.36. The summed E-state index contributed by atoms with van der Waals surface area (Å²) in [7, 11) is 1.62. The third-order valence-corrected chi connectivity index (χ3v) is 7.37. The molecule has 0 saturated carbocycles. The monoisotopic (exact) mass is 406 g/mol.